The molecule has 0 aromatic carbocycles. The number of esters is 1. The number of aryl methyl sites for hydroxylation is 1. The lowest BCUT2D eigenvalue weighted by Gasteiger charge is -2.31. The number of likely N-dealkylation sites (tertiary alicyclic amines) is 1. The molecule has 1 saturated heterocycles. The van der Waals surface area contributed by atoms with Crippen LogP contribution in [0, 0.1) is 12.8 Å². The smallest absolute Gasteiger partial charge is 0.310 e. The third kappa shape index (κ3) is 3.77. The predicted octanol–water partition coefficient (Wildman–Crippen LogP) is 2.17. The first-order valence-corrected chi connectivity index (χ1v) is 7.00. The van der Waals surface area contributed by atoms with Gasteiger partial charge in [0, 0.05) is 19.3 Å². The second-order valence-electron chi connectivity index (χ2n) is 5.09. The van der Waals surface area contributed by atoms with E-state index in [4.69, 9.17) is 4.74 Å². The zero-order valence-electron chi connectivity index (χ0n) is 11.8. The molecule has 1 atom stereocenters. The van der Waals surface area contributed by atoms with Crippen LogP contribution in [-0.2, 0) is 16.1 Å². The molecule has 2 heterocycles. The summed E-state index contributed by atoms with van der Waals surface area (Å²) in [5.41, 5.74) is 2.31. The topological polar surface area (TPSA) is 42.4 Å². The van der Waals surface area contributed by atoms with E-state index in [9.17, 15) is 4.79 Å². The first kappa shape index (κ1) is 14.0. The molecule has 0 bridgehead atoms. The highest BCUT2D eigenvalue weighted by atomic mass is 16.5. The minimum absolute atomic E-state index is 0.0257. The van der Waals surface area contributed by atoms with E-state index in [1.54, 1.807) is 0 Å². The highest BCUT2D eigenvalue weighted by Gasteiger charge is 2.27. The Labute approximate surface area is 114 Å². The van der Waals surface area contributed by atoms with Gasteiger partial charge in [0.15, 0.2) is 0 Å². The molecule has 4 nitrogen and oxygen atoms in total. The fourth-order valence-corrected chi connectivity index (χ4v) is 2.55. The normalized spacial score (nSPS) is 20.2. The van der Waals surface area contributed by atoms with Crippen LogP contribution in [0.3, 0.4) is 0 Å². The number of nitrogens with zero attached hydrogens (tertiary/aromatic N) is 2. The van der Waals surface area contributed by atoms with Crippen molar-refractivity contribution in [1.29, 1.82) is 0 Å². The molecule has 2 rings (SSSR count). The standard InChI is InChI=1S/C15H22N2O2/c1-3-19-15(18)13-7-5-9-17(10-13)11-14-12(2)6-4-8-16-14/h4,6,8,13H,3,5,7,9-11H2,1-2H3/t13-/m0/s1. The predicted molar refractivity (Wildman–Crippen MR) is 73.6 cm³/mol. The first-order valence-electron chi connectivity index (χ1n) is 7.00. The molecule has 1 aromatic rings. The lowest BCUT2D eigenvalue weighted by atomic mass is 9.98. The van der Waals surface area contributed by atoms with Crippen molar-refractivity contribution in [3.63, 3.8) is 0 Å². The summed E-state index contributed by atoms with van der Waals surface area (Å²) in [6.45, 7) is 7.04. The average Bonchev–Trinajstić information content (AvgIpc) is 2.42. The molecule has 4 heteroatoms. The highest BCUT2D eigenvalue weighted by Crippen LogP contribution is 2.20. The monoisotopic (exact) mass is 262 g/mol. The van der Waals surface area contributed by atoms with Crippen LogP contribution in [0.5, 0.6) is 0 Å². The first-order chi connectivity index (χ1) is 9.20. The second-order valence-corrected chi connectivity index (χ2v) is 5.09. The largest absolute Gasteiger partial charge is 0.466 e. The van der Waals surface area contributed by atoms with Gasteiger partial charge in [-0.3, -0.25) is 14.7 Å². The Morgan fingerprint density at radius 3 is 3.16 bits per heavy atom. The van der Waals surface area contributed by atoms with Gasteiger partial charge < -0.3 is 4.74 Å². The van der Waals surface area contributed by atoms with Crippen LogP contribution in [0.1, 0.15) is 31.0 Å². The molecule has 0 radical (unpaired) electrons. The maximum Gasteiger partial charge on any atom is 0.310 e. The molecule has 1 aliphatic rings. The number of carbonyl (C=O) groups is 1. The number of ether oxygens (including phenoxy) is 1. The summed E-state index contributed by atoms with van der Waals surface area (Å²) in [6, 6.07) is 4.03. The summed E-state index contributed by atoms with van der Waals surface area (Å²) in [6.07, 6.45) is 3.82. The summed E-state index contributed by atoms with van der Waals surface area (Å²) >= 11 is 0. The fraction of sp³-hybridized carbons (Fsp3) is 0.600. The quantitative estimate of drug-likeness (QED) is 0.780. The Morgan fingerprint density at radius 1 is 1.58 bits per heavy atom. The zero-order valence-corrected chi connectivity index (χ0v) is 11.8. The van der Waals surface area contributed by atoms with Gasteiger partial charge in [-0.05, 0) is 44.9 Å². The van der Waals surface area contributed by atoms with Crippen molar-refractivity contribution in [1.82, 2.24) is 9.88 Å². The Bertz CT molecular complexity index is 434. The second kappa shape index (κ2) is 6.66. The Balaban J connectivity index is 1.94. The summed E-state index contributed by atoms with van der Waals surface area (Å²) in [4.78, 5) is 18.5. The minimum atomic E-state index is -0.0510. The molecule has 0 N–H and O–H groups in total. The zero-order chi connectivity index (χ0) is 13.7. The van der Waals surface area contributed by atoms with Crippen LogP contribution in [-0.4, -0.2) is 35.5 Å². The van der Waals surface area contributed by atoms with Gasteiger partial charge in [0.05, 0.1) is 18.2 Å². The van der Waals surface area contributed by atoms with Gasteiger partial charge in [0.2, 0.25) is 0 Å². The number of rotatable bonds is 4. The van der Waals surface area contributed by atoms with Crippen LogP contribution >= 0.6 is 0 Å². The van der Waals surface area contributed by atoms with Crippen LogP contribution < -0.4 is 0 Å². The van der Waals surface area contributed by atoms with Gasteiger partial charge in [-0.1, -0.05) is 6.07 Å². The molecule has 0 saturated carbocycles. The molecule has 0 amide bonds. The van der Waals surface area contributed by atoms with Gasteiger partial charge in [0.1, 0.15) is 0 Å². The van der Waals surface area contributed by atoms with Crippen molar-refractivity contribution in [3.8, 4) is 0 Å². The summed E-state index contributed by atoms with van der Waals surface area (Å²) in [5.74, 6) is -0.0253. The van der Waals surface area contributed by atoms with Gasteiger partial charge in [-0.25, -0.2) is 0 Å². The van der Waals surface area contributed by atoms with E-state index in [2.05, 4.69) is 22.9 Å². The molecule has 104 valence electrons. The van der Waals surface area contributed by atoms with Crippen molar-refractivity contribution in [2.24, 2.45) is 5.92 Å². The molecule has 0 aliphatic carbocycles. The minimum Gasteiger partial charge on any atom is -0.466 e. The van der Waals surface area contributed by atoms with E-state index in [1.807, 2.05) is 19.2 Å². The fourth-order valence-electron chi connectivity index (χ4n) is 2.55. The lowest BCUT2D eigenvalue weighted by molar-refractivity contribution is -0.150. The number of carbonyl (C=O) groups excluding carboxylic acids is 1. The summed E-state index contributed by atoms with van der Waals surface area (Å²) < 4.78 is 5.12. The molecule has 0 unspecified atom stereocenters. The van der Waals surface area contributed by atoms with E-state index in [-0.39, 0.29) is 11.9 Å². The average molecular weight is 262 g/mol. The third-order valence-corrected chi connectivity index (χ3v) is 3.62. The number of pyridine rings is 1. The van der Waals surface area contributed by atoms with Crippen molar-refractivity contribution in [2.45, 2.75) is 33.2 Å². The van der Waals surface area contributed by atoms with E-state index in [1.165, 1.54) is 5.56 Å². The summed E-state index contributed by atoms with van der Waals surface area (Å²) in [7, 11) is 0. The number of hydrogen-bond donors (Lipinski definition) is 0. The van der Waals surface area contributed by atoms with Crippen LogP contribution in [0.15, 0.2) is 18.3 Å². The number of piperidine rings is 1. The molecule has 1 aliphatic heterocycles. The van der Waals surface area contributed by atoms with E-state index < -0.39 is 0 Å². The van der Waals surface area contributed by atoms with Crippen LogP contribution in [0.4, 0.5) is 0 Å². The molecule has 0 spiro atoms. The summed E-state index contributed by atoms with van der Waals surface area (Å²) in [5, 5.41) is 0. The maximum atomic E-state index is 11.8. The van der Waals surface area contributed by atoms with Crippen LogP contribution in [0.2, 0.25) is 0 Å². The molecular formula is C15H22N2O2. The highest BCUT2D eigenvalue weighted by molar-refractivity contribution is 5.72. The van der Waals surface area contributed by atoms with Crippen molar-refractivity contribution >= 4 is 5.97 Å². The van der Waals surface area contributed by atoms with Gasteiger partial charge >= 0.3 is 5.97 Å². The van der Waals surface area contributed by atoms with E-state index in [0.717, 1.165) is 38.2 Å². The maximum absolute atomic E-state index is 11.8. The SMILES string of the molecule is CCOC(=O)[C@H]1CCCN(Cc2ncccc2C)C1. The van der Waals surface area contributed by atoms with Crippen molar-refractivity contribution in [3.05, 3.63) is 29.6 Å². The van der Waals surface area contributed by atoms with E-state index >= 15 is 0 Å². The Hall–Kier alpha value is -1.42. The third-order valence-electron chi connectivity index (χ3n) is 3.62. The Morgan fingerprint density at radius 2 is 2.42 bits per heavy atom. The van der Waals surface area contributed by atoms with Gasteiger partial charge in [-0.15, -0.1) is 0 Å². The van der Waals surface area contributed by atoms with Crippen molar-refractivity contribution < 1.29 is 9.53 Å². The van der Waals surface area contributed by atoms with E-state index in [0.29, 0.717) is 6.61 Å². The number of hydrogen-bond acceptors (Lipinski definition) is 4. The van der Waals surface area contributed by atoms with Gasteiger partial charge in [0.25, 0.3) is 0 Å². The molecular weight excluding hydrogens is 240 g/mol. The lowest BCUT2D eigenvalue weighted by Crippen LogP contribution is -2.39. The number of aromatic nitrogens is 1. The van der Waals surface area contributed by atoms with Crippen molar-refractivity contribution in [2.75, 3.05) is 19.7 Å². The Kier molecular flexibility index (Phi) is 4.91. The molecule has 1 aromatic heterocycles. The van der Waals surface area contributed by atoms with Crippen LogP contribution in [0.25, 0.3) is 0 Å². The molecule has 1 fully saturated rings. The van der Waals surface area contributed by atoms with Gasteiger partial charge in [-0.2, -0.15) is 0 Å². The molecule has 19 heavy (non-hydrogen) atoms.